The molecule has 28 heavy (non-hydrogen) atoms. The van der Waals surface area contributed by atoms with Gasteiger partial charge in [-0.05, 0) is 37.3 Å². The van der Waals surface area contributed by atoms with Crippen LogP contribution in [0.1, 0.15) is 43.4 Å². The number of halogens is 5. The third kappa shape index (κ3) is 3.62. The number of hydrogen-bond donors (Lipinski definition) is 0. The van der Waals surface area contributed by atoms with Crippen LogP contribution in [0.4, 0.5) is 22.0 Å². The maximum Gasteiger partial charge on any atom is 0.458 e. The third-order valence-corrected chi connectivity index (χ3v) is 6.96. The molecule has 0 amide bonds. The first kappa shape index (κ1) is 22.6. The molecule has 0 aromatic carbocycles. The van der Waals surface area contributed by atoms with E-state index in [1.165, 1.54) is 7.11 Å². The van der Waals surface area contributed by atoms with Crippen molar-refractivity contribution in [2.24, 2.45) is 16.7 Å². The van der Waals surface area contributed by atoms with Crippen molar-refractivity contribution in [1.29, 1.82) is 0 Å². The molecule has 0 aliphatic heterocycles. The number of rotatable bonds is 5. The highest BCUT2D eigenvalue weighted by Gasteiger charge is 2.60. The molecule has 158 valence electrons. The Labute approximate surface area is 163 Å². The summed E-state index contributed by atoms with van der Waals surface area (Å²) in [7, 11) is 1.26. The highest BCUT2D eigenvalue weighted by molar-refractivity contribution is 7.12. The van der Waals surface area contributed by atoms with E-state index in [1.807, 2.05) is 0 Å². The Morgan fingerprint density at radius 2 is 1.79 bits per heavy atom. The Morgan fingerprint density at radius 1 is 1.18 bits per heavy atom. The van der Waals surface area contributed by atoms with Gasteiger partial charge in [0.1, 0.15) is 6.61 Å². The molecule has 4 nitrogen and oxygen atoms in total. The van der Waals surface area contributed by atoms with Gasteiger partial charge in [-0.3, -0.25) is 9.59 Å². The lowest BCUT2D eigenvalue weighted by Gasteiger charge is -2.38. The van der Waals surface area contributed by atoms with E-state index in [9.17, 15) is 31.5 Å². The fourth-order valence-corrected chi connectivity index (χ4v) is 4.40. The monoisotopic (exact) mass is 428 g/mol. The van der Waals surface area contributed by atoms with E-state index < -0.39 is 52.3 Å². The number of hydrogen-bond acceptors (Lipinski definition) is 5. The van der Waals surface area contributed by atoms with Crippen LogP contribution in [0.25, 0.3) is 0 Å². The molecule has 0 bridgehead atoms. The molecule has 0 saturated heterocycles. The second-order valence-corrected chi connectivity index (χ2v) is 8.75. The van der Waals surface area contributed by atoms with Gasteiger partial charge in [0.25, 0.3) is 0 Å². The predicted octanol–water partition coefficient (Wildman–Crippen LogP) is 5.06. The Bertz CT molecular complexity index is 755. The normalized spacial score (nSPS) is 24.8. The van der Waals surface area contributed by atoms with Gasteiger partial charge in [-0.2, -0.15) is 22.0 Å². The van der Waals surface area contributed by atoms with E-state index in [4.69, 9.17) is 9.47 Å². The zero-order chi connectivity index (χ0) is 21.5. The lowest BCUT2D eigenvalue weighted by Crippen LogP contribution is -2.43. The van der Waals surface area contributed by atoms with Crippen LogP contribution in [0.2, 0.25) is 0 Å². The molecule has 1 fully saturated rings. The molecule has 1 saturated carbocycles. The summed E-state index contributed by atoms with van der Waals surface area (Å²) in [5.74, 6) is -6.54. The maximum atomic E-state index is 13.4. The number of methoxy groups -OCH3 is 1. The lowest BCUT2D eigenvalue weighted by molar-refractivity contribution is -0.287. The number of esters is 2. The Balaban J connectivity index is 2.10. The molecule has 0 radical (unpaired) electrons. The first-order chi connectivity index (χ1) is 12.7. The van der Waals surface area contributed by atoms with Crippen LogP contribution in [-0.2, 0) is 31.6 Å². The summed E-state index contributed by atoms with van der Waals surface area (Å²) in [6, 6.07) is 1.75. The molecule has 0 N–H and O–H groups in total. The van der Waals surface area contributed by atoms with Gasteiger partial charge in [-0.25, -0.2) is 0 Å². The van der Waals surface area contributed by atoms with E-state index in [1.54, 1.807) is 20.8 Å². The summed E-state index contributed by atoms with van der Waals surface area (Å²) in [4.78, 5) is 23.5. The third-order valence-electron chi connectivity index (χ3n) is 5.84. The highest BCUT2D eigenvalue weighted by atomic mass is 32.1. The zero-order valence-electron chi connectivity index (χ0n) is 15.8. The van der Waals surface area contributed by atoms with Crippen LogP contribution in [0, 0.1) is 16.7 Å². The van der Waals surface area contributed by atoms with Gasteiger partial charge in [-0.1, -0.05) is 13.8 Å². The molecule has 10 heteroatoms. The average molecular weight is 428 g/mol. The number of carbonyl (C=O) groups excluding carboxylic acids is 2. The molecule has 0 unspecified atom stereocenters. The molecule has 1 aliphatic rings. The van der Waals surface area contributed by atoms with Crippen molar-refractivity contribution in [3.8, 4) is 0 Å². The number of alkyl halides is 5. The smallest absolute Gasteiger partial charge is 0.458 e. The van der Waals surface area contributed by atoms with Gasteiger partial charge in [-0.15, -0.1) is 11.3 Å². The van der Waals surface area contributed by atoms with Crippen LogP contribution in [-0.4, -0.2) is 25.2 Å². The van der Waals surface area contributed by atoms with Crippen molar-refractivity contribution in [2.75, 3.05) is 7.11 Å². The van der Waals surface area contributed by atoms with Crippen LogP contribution < -0.4 is 0 Å². The van der Waals surface area contributed by atoms with E-state index in [2.05, 4.69) is 0 Å². The predicted molar refractivity (Wildman–Crippen MR) is 90.7 cm³/mol. The summed E-state index contributed by atoms with van der Waals surface area (Å²) in [5, 5.41) is 0. The first-order valence-electron chi connectivity index (χ1n) is 8.47. The van der Waals surface area contributed by atoms with E-state index in [0.29, 0.717) is 18.9 Å². The fraction of sp³-hybridized carbons (Fsp3) is 0.667. The Morgan fingerprint density at radius 3 is 2.32 bits per heavy atom. The summed E-state index contributed by atoms with van der Waals surface area (Å²) in [6.45, 7) is 4.72. The summed E-state index contributed by atoms with van der Waals surface area (Å²) >= 11 is 0.238. The lowest BCUT2D eigenvalue weighted by atomic mass is 9.65. The van der Waals surface area contributed by atoms with E-state index in [0.717, 1.165) is 6.07 Å². The van der Waals surface area contributed by atoms with Crippen molar-refractivity contribution in [2.45, 2.75) is 52.3 Å². The van der Waals surface area contributed by atoms with Crippen LogP contribution in [0.15, 0.2) is 12.1 Å². The summed E-state index contributed by atoms with van der Waals surface area (Å²) in [5.41, 5.74) is -1.80. The first-order valence-corrected chi connectivity index (χ1v) is 9.29. The topological polar surface area (TPSA) is 52.6 Å². The van der Waals surface area contributed by atoms with Crippen molar-refractivity contribution in [3.05, 3.63) is 21.9 Å². The van der Waals surface area contributed by atoms with Gasteiger partial charge < -0.3 is 9.47 Å². The number of ether oxygens (including phenoxy) is 2. The minimum absolute atomic E-state index is 0.0659. The molecule has 1 heterocycles. The molecule has 2 rings (SSSR count). The van der Waals surface area contributed by atoms with Crippen LogP contribution >= 0.6 is 11.3 Å². The molecule has 1 aromatic rings. The minimum Gasteiger partial charge on any atom is -0.469 e. The molecule has 1 aliphatic carbocycles. The van der Waals surface area contributed by atoms with Crippen molar-refractivity contribution in [1.82, 2.24) is 0 Å². The zero-order valence-corrected chi connectivity index (χ0v) is 16.6. The summed E-state index contributed by atoms with van der Waals surface area (Å²) < 4.78 is 74.1. The standard InChI is InChI=1S/C18H21F5O4S/c1-15(2)11(13(24)26-4)7-8-16(15,3)14(25)27-9-10-5-6-12(28-10)17(19,20)18(21,22)23/h5-6,11H,7-9H2,1-4H3/t11-,16+/m0/s1. The quantitative estimate of drug-likeness (QED) is 0.486. The maximum absolute atomic E-state index is 13.4. The second-order valence-electron chi connectivity index (χ2n) is 7.58. The molecule has 2 atom stereocenters. The van der Waals surface area contributed by atoms with Crippen molar-refractivity contribution < 1.29 is 41.0 Å². The second kappa shape index (κ2) is 7.27. The van der Waals surface area contributed by atoms with E-state index in [-0.39, 0.29) is 16.2 Å². The Kier molecular flexibility index (Phi) is 5.87. The van der Waals surface area contributed by atoms with Gasteiger partial charge in [0.2, 0.25) is 0 Å². The SMILES string of the molecule is COC(=O)[C@@H]1CC[C@](C)(C(=O)OCc2ccc(C(F)(F)C(F)(F)F)s2)C1(C)C. The average Bonchev–Trinajstić information content (AvgIpc) is 3.15. The number of thiophene rings is 1. The van der Waals surface area contributed by atoms with Gasteiger partial charge in [0.05, 0.1) is 23.3 Å². The van der Waals surface area contributed by atoms with Crippen LogP contribution in [0.5, 0.6) is 0 Å². The van der Waals surface area contributed by atoms with Gasteiger partial charge >= 0.3 is 24.0 Å². The fourth-order valence-electron chi connectivity index (χ4n) is 3.48. The molecular formula is C18H21F5O4S. The molecule has 0 spiro atoms. The van der Waals surface area contributed by atoms with Crippen LogP contribution in [0.3, 0.4) is 0 Å². The van der Waals surface area contributed by atoms with Crippen molar-refractivity contribution in [3.63, 3.8) is 0 Å². The van der Waals surface area contributed by atoms with Crippen molar-refractivity contribution >= 4 is 23.3 Å². The minimum atomic E-state index is -5.70. The molecular weight excluding hydrogens is 407 g/mol. The van der Waals surface area contributed by atoms with E-state index >= 15 is 0 Å². The van der Waals surface area contributed by atoms with Gasteiger partial charge in [0, 0.05) is 4.88 Å². The molecule has 1 aromatic heterocycles. The summed E-state index contributed by atoms with van der Waals surface area (Å²) in [6.07, 6.45) is -4.91. The highest BCUT2D eigenvalue weighted by Crippen LogP contribution is 2.57. The number of carbonyl (C=O) groups is 2. The van der Waals surface area contributed by atoms with Gasteiger partial charge in [0.15, 0.2) is 0 Å². The Hall–Kier alpha value is -1.71. The largest absolute Gasteiger partial charge is 0.469 e.